The van der Waals surface area contributed by atoms with Gasteiger partial charge < -0.3 is 5.32 Å². The molecule has 5 heteroatoms. The Hall–Kier alpha value is -1.49. The summed E-state index contributed by atoms with van der Waals surface area (Å²) < 4.78 is 0. The van der Waals surface area contributed by atoms with Gasteiger partial charge in [0.2, 0.25) is 0 Å². The number of nitrogens with zero attached hydrogens (tertiary/aromatic N) is 3. The lowest BCUT2D eigenvalue weighted by Crippen LogP contribution is -2.11. The quantitative estimate of drug-likeness (QED) is 0.903. The summed E-state index contributed by atoms with van der Waals surface area (Å²) in [7, 11) is 0. The average Bonchev–Trinajstić information content (AvgIpc) is 2.89. The van der Waals surface area contributed by atoms with Gasteiger partial charge in [-0.25, -0.2) is 9.97 Å². The topological polar surface area (TPSA) is 50.7 Å². The van der Waals surface area contributed by atoms with Crippen molar-refractivity contribution < 1.29 is 0 Å². The Morgan fingerprint density at radius 3 is 3.06 bits per heavy atom. The van der Waals surface area contributed by atoms with E-state index < -0.39 is 0 Å². The van der Waals surface area contributed by atoms with E-state index >= 15 is 0 Å². The molecule has 1 aliphatic rings. The van der Waals surface area contributed by atoms with Gasteiger partial charge in [0.15, 0.2) is 0 Å². The summed E-state index contributed by atoms with van der Waals surface area (Å²) in [6.07, 6.45) is 8.24. The van der Waals surface area contributed by atoms with Crippen molar-refractivity contribution in [3.63, 3.8) is 0 Å². The van der Waals surface area contributed by atoms with E-state index in [4.69, 9.17) is 0 Å². The van der Waals surface area contributed by atoms with Gasteiger partial charge in [-0.2, -0.15) is 0 Å². The SMILES string of the molecule is c1nc2c(c(NCc3cncs3)n1)CCCC2. The van der Waals surface area contributed by atoms with Crippen LogP contribution < -0.4 is 5.32 Å². The van der Waals surface area contributed by atoms with Crippen LogP contribution >= 0.6 is 11.3 Å². The third-order valence-electron chi connectivity index (χ3n) is 3.04. The molecular formula is C12H14N4S. The minimum absolute atomic E-state index is 0.800. The highest BCUT2D eigenvalue weighted by Crippen LogP contribution is 2.24. The van der Waals surface area contributed by atoms with Gasteiger partial charge >= 0.3 is 0 Å². The summed E-state index contributed by atoms with van der Waals surface area (Å²) in [6.45, 7) is 0.800. The lowest BCUT2D eigenvalue weighted by atomic mass is 9.96. The summed E-state index contributed by atoms with van der Waals surface area (Å²) in [4.78, 5) is 14.0. The number of hydrogen-bond donors (Lipinski definition) is 1. The first kappa shape index (κ1) is 10.7. The minimum atomic E-state index is 0.800. The monoisotopic (exact) mass is 246 g/mol. The van der Waals surface area contributed by atoms with E-state index in [-0.39, 0.29) is 0 Å². The lowest BCUT2D eigenvalue weighted by Gasteiger charge is -2.17. The molecule has 17 heavy (non-hydrogen) atoms. The molecule has 0 spiro atoms. The van der Waals surface area contributed by atoms with E-state index in [1.165, 1.54) is 29.0 Å². The second-order valence-electron chi connectivity index (χ2n) is 4.18. The molecule has 3 rings (SSSR count). The second-order valence-corrected chi connectivity index (χ2v) is 5.15. The van der Waals surface area contributed by atoms with Crippen molar-refractivity contribution in [2.24, 2.45) is 0 Å². The van der Waals surface area contributed by atoms with Crippen molar-refractivity contribution in [2.45, 2.75) is 32.2 Å². The molecule has 0 saturated heterocycles. The van der Waals surface area contributed by atoms with Gasteiger partial charge in [0.25, 0.3) is 0 Å². The van der Waals surface area contributed by atoms with Crippen LogP contribution in [0.1, 0.15) is 29.0 Å². The number of thiazole rings is 1. The largest absolute Gasteiger partial charge is 0.365 e. The number of hydrogen-bond acceptors (Lipinski definition) is 5. The molecule has 1 N–H and O–H groups in total. The summed E-state index contributed by atoms with van der Waals surface area (Å²) in [5.74, 6) is 1.00. The Morgan fingerprint density at radius 1 is 1.24 bits per heavy atom. The number of anilines is 1. The van der Waals surface area contributed by atoms with E-state index in [9.17, 15) is 0 Å². The summed E-state index contributed by atoms with van der Waals surface area (Å²) in [5.41, 5.74) is 4.38. The predicted molar refractivity (Wildman–Crippen MR) is 68.1 cm³/mol. The fourth-order valence-electron chi connectivity index (χ4n) is 2.17. The van der Waals surface area contributed by atoms with E-state index in [0.717, 1.165) is 25.2 Å². The van der Waals surface area contributed by atoms with Crippen LogP contribution in [-0.2, 0) is 19.4 Å². The molecule has 0 amide bonds. The highest BCUT2D eigenvalue weighted by molar-refractivity contribution is 7.09. The standard InChI is InChI=1S/C12H14N4S/c1-2-4-11-10(3-1)12(16-7-15-11)14-6-9-5-13-8-17-9/h5,7-8H,1-4,6H2,(H,14,15,16). The van der Waals surface area contributed by atoms with Crippen LogP contribution in [0, 0.1) is 0 Å². The first-order valence-corrected chi connectivity index (χ1v) is 6.75. The molecule has 2 heterocycles. The number of aryl methyl sites for hydroxylation is 1. The zero-order valence-electron chi connectivity index (χ0n) is 9.52. The maximum atomic E-state index is 4.36. The van der Waals surface area contributed by atoms with Crippen LogP contribution in [-0.4, -0.2) is 15.0 Å². The molecule has 4 nitrogen and oxygen atoms in total. The normalized spacial score (nSPS) is 14.4. The van der Waals surface area contributed by atoms with E-state index in [0.29, 0.717) is 0 Å². The predicted octanol–water partition coefficient (Wildman–Crippen LogP) is 2.42. The number of rotatable bonds is 3. The van der Waals surface area contributed by atoms with Crippen LogP contribution in [0.15, 0.2) is 18.0 Å². The summed E-state index contributed by atoms with van der Waals surface area (Å²) >= 11 is 1.66. The van der Waals surface area contributed by atoms with Crippen LogP contribution in [0.3, 0.4) is 0 Å². The molecular weight excluding hydrogens is 232 g/mol. The van der Waals surface area contributed by atoms with Gasteiger partial charge in [-0.1, -0.05) is 0 Å². The molecule has 0 aromatic carbocycles. The Labute approximate surface area is 104 Å². The zero-order valence-corrected chi connectivity index (χ0v) is 10.3. The van der Waals surface area contributed by atoms with Crippen molar-refractivity contribution >= 4 is 17.2 Å². The summed E-state index contributed by atoms with van der Waals surface area (Å²) in [5, 5.41) is 3.39. The molecule has 0 aliphatic heterocycles. The van der Waals surface area contributed by atoms with Crippen LogP contribution in [0.2, 0.25) is 0 Å². The van der Waals surface area contributed by atoms with Crippen LogP contribution in [0.4, 0.5) is 5.82 Å². The number of nitrogens with one attached hydrogen (secondary N) is 1. The van der Waals surface area contributed by atoms with Crippen molar-refractivity contribution in [3.8, 4) is 0 Å². The van der Waals surface area contributed by atoms with Crippen molar-refractivity contribution in [1.82, 2.24) is 15.0 Å². The smallest absolute Gasteiger partial charge is 0.133 e. The third kappa shape index (κ3) is 2.29. The third-order valence-corrected chi connectivity index (χ3v) is 3.82. The number of aromatic nitrogens is 3. The zero-order chi connectivity index (χ0) is 11.5. The van der Waals surface area contributed by atoms with Crippen LogP contribution in [0.25, 0.3) is 0 Å². The molecule has 88 valence electrons. The highest BCUT2D eigenvalue weighted by atomic mass is 32.1. The van der Waals surface area contributed by atoms with Crippen molar-refractivity contribution in [2.75, 3.05) is 5.32 Å². The van der Waals surface area contributed by atoms with Gasteiger partial charge in [0, 0.05) is 22.3 Å². The fourth-order valence-corrected chi connectivity index (χ4v) is 2.71. The van der Waals surface area contributed by atoms with Gasteiger partial charge in [-0.15, -0.1) is 11.3 Å². The Bertz CT molecular complexity index is 495. The molecule has 2 aromatic rings. The highest BCUT2D eigenvalue weighted by Gasteiger charge is 2.15. The molecule has 0 fully saturated rings. The fraction of sp³-hybridized carbons (Fsp3) is 0.417. The molecule has 0 radical (unpaired) electrons. The maximum absolute atomic E-state index is 4.36. The maximum Gasteiger partial charge on any atom is 0.133 e. The molecule has 0 atom stereocenters. The van der Waals surface area contributed by atoms with E-state index in [2.05, 4.69) is 20.3 Å². The second kappa shape index (κ2) is 4.79. The average molecular weight is 246 g/mol. The minimum Gasteiger partial charge on any atom is -0.365 e. The Kier molecular flexibility index (Phi) is 3.00. The molecule has 2 aromatic heterocycles. The summed E-state index contributed by atoms with van der Waals surface area (Å²) in [6, 6.07) is 0. The van der Waals surface area contributed by atoms with E-state index in [1.54, 1.807) is 17.7 Å². The number of fused-ring (bicyclic) bond motifs is 1. The Balaban J connectivity index is 1.78. The van der Waals surface area contributed by atoms with Gasteiger partial charge in [0.05, 0.1) is 12.1 Å². The van der Waals surface area contributed by atoms with Gasteiger partial charge in [0.1, 0.15) is 12.1 Å². The van der Waals surface area contributed by atoms with Crippen LogP contribution in [0.5, 0.6) is 0 Å². The Morgan fingerprint density at radius 2 is 2.18 bits per heavy atom. The van der Waals surface area contributed by atoms with Crippen molar-refractivity contribution in [3.05, 3.63) is 34.2 Å². The molecule has 0 bridgehead atoms. The van der Waals surface area contributed by atoms with Gasteiger partial charge in [-0.05, 0) is 25.7 Å². The molecule has 1 aliphatic carbocycles. The first-order valence-electron chi connectivity index (χ1n) is 5.87. The lowest BCUT2D eigenvalue weighted by molar-refractivity contribution is 0.663. The van der Waals surface area contributed by atoms with E-state index in [1.807, 2.05) is 11.7 Å². The van der Waals surface area contributed by atoms with Crippen molar-refractivity contribution in [1.29, 1.82) is 0 Å². The first-order chi connectivity index (χ1) is 8.43. The van der Waals surface area contributed by atoms with Gasteiger partial charge in [-0.3, -0.25) is 4.98 Å². The molecule has 0 unspecified atom stereocenters. The molecule has 0 saturated carbocycles.